The van der Waals surface area contributed by atoms with Gasteiger partial charge in [-0.05, 0) is 54.0 Å². The van der Waals surface area contributed by atoms with E-state index in [4.69, 9.17) is 4.74 Å². The van der Waals surface area contributed by atoms with Gasteiger partial charge in [0.1, 0.15) is 5.60 Å². The molecule has 1 fully saturated rings. The quantitative estimate of drug-likeness (QED) is 0.774. The molecule has 1 saturated carbocycles. The molecule has 2 N–H and O–H groups in total. The topological polar surface area (TPSA) is 50.4 Å². The van der Waals surface area contributed by atoms with Crippen LogP contribution in [0.15, 0.2) is 0 Å². The molecule has 0 spiro atoms. The average molecular weight is 228 g/mol. The molecule has 0 heterocycles. The Bertz CT molecular complexity index is 254. The van der Waals surface area contributed by atoms with Crippen molar-refractivity contribution in [1.29, 1.82) is 0 Å². The zero-order valence-corrected chi connectivity index (χ0v) is 11.0. The molecule has 0 aromatic rings. The fourth-order valence-corrected chi connectivity index (χ4v) is 1.74. The molecule has 0 bridgehead atoms. The maximum atomic E-state index is 11.6. The summed E-state index contributed by atoms with van der Waals surface area (Å²) in [6, 6.07) is 0.414. The number of nitrogens with one attached hydrogen (secondary N) is 2. The fourth-order valence-electron chi connectivity index (χ4n) is 1.74. The first-order valence-electron chi connectivity index (χ1n) is 5.95. The second-order valence-electron chi connectivity index (χ2n) is 5.80. The minimum Gasteiger partial charge on any atom is -0.444 e. The molecule has 1 amide bonds. The van der Waals surface area contributed by atoms with Gasteiger partial charge in [0, 0.05) is 11.6 Å². The van der Waals surface area contributed by atoms with Crippen LogP contribution in [-0.2, 0) is 4.74 Å². The van der Waals surface area contributed by atoms with E-state index in [-0.39, 0.29) is 11.6 Å². The monoisotopic (exact) mass is 228 g/mol. The van der Waals surface area contributed by atoms with Crippen LogP contribution in [0.3, 0.4) is 0 Å². The number of ether oxygens (including phenoxy) is 1. The molecule has 1 atom stereocenters. The molecule has 4 nitrogen and oxygen atoms in total. The third-order valence-corrected chi connectivity index (χ3v) is 2.81. The number of hydrogen-bond donors (Lipinski definition) is 2. The Kier molecular flexibility index (Phi) is 3.84. The van der Waals surface area contributed by atoms with Crippen molar-refractivity contribution in [2.24, 2.45) is 0 Å². The zero-order chi connectivity index (χ0) is 12.4. The van der Waals surface area contributed by atoms with Gasteiger partial charge >= 0.3 is 6.09 Å². The van der Waals surface area contributed by atoms with Gasteiger partial charge in [0.15, 0.2) is 0 Å². The zero-order valence-electron chi connectivity index (χ0n) is 11.0. The van der Waals surface area contributed by atoms with Gasteiger partial charge in [-0.25, -0.2) is 4.79 Å². The highest BCUT2D eigenvalue weighted by molar-refractivity contribution is 5.69. The van der Waals surface area contributed by atoms with Crippen LogP contribution < -0.4 is 10.6 Å². The summed E-state index contributed by atoms with van der Waals surface area (Å²) in [5, 5.41) is 6.18. The fraction of sp³-hybridized carbons (Fsp3) is 0.917. The van der Waals surface area contributed by atoms with Crippen LogP contribution in [0.2, 0.25) is 0 Å². The summed E-state index contributed by atoms with van der Waals surface area (Å²) < 4.78 is 5.26. The van der Waals surface area contributed by atoms with Crippen LogP contribution in [0.1, 0.15) is 47.0 Å². The summed E-state index contributed by atoms with van der Waals surface area (Å²) in [4.78, 5) is 11.6. The van der Waals surface area contributed by atoms with Crippen LogP contribution in [0.25, 0.3) is 0 Å². The highest BCUT2D eigenvalue weighted by atomic mass is 16.6. The normalized spacial score (nSPS) is 20.1. The van der Waals surface area contributed by atoms with Crippen LogP contribution >= 0.6 is 0 Å². The molecule has 4 heteroatoms. The molecule has 1 aliphatic rings. The third-order valence-electron chi connectivity index (χ3n) is 2.81. The highest BCUT2D eigenvalue weighted by Gasteiger charge is 2.45. The molecule has 1 unspecified atom stereocenters. The van der Waals surface area contributed by atoms with Crippen LogP contribution in [0.5, 0.6) is 0 Å². The lowest BCUT2D eigenvalue weighted by molar-refractivity contribution is 0.0491. The Morgan fingerprint density at radius 3 is 2.38 bits per heavy atom. The first kappa shape index (κ1) is 13.3. The maximum Gasteiger partial charge on any atom is 0.408 e. The molecule has 0 aromatic heterocycles. The number of rotatable bonds is 4. The van der Waals surface area contributed by atoms with Crippen molar-refractivity contribution in [2.45, 2.75) is 64.1 Å². The summed E-state index contributed by atoms with van der Waals surface area (Å²) >= 11 is 0. The molecule has 94 valence electrons. The summed E-state index contributed by atoms with van der Waals surface area (Å²) in [5.41, 5.74) is -0.445. The first-order chi connectivity index (χ1) is 7.26. The Hall–Kier alpha value is -0.770. The van der Waals surface area contributed by atoms with E-state index in [1.54, 1.807) is 0 Å². The van der Waals surface area contributed by atoms with Gasteiger partial charge in [-0.1, -0.05) is 0 Å². The summed E-state index contributed by atoms with van der Waals surface area (Å²) in [6.45, 7) is 7.75. The van der Waals surface area contributed by atoms with E-state index in [1.807, 2.05) is 27.8 Å². The van der Waals surface area contributed by atoms with Gasteiger partial charge in [0.25, 0.3) is 0 Å². The molecule has 1 rings (SSSR count). The predicted molar refractivity (Wildman–Crippen MR) is 64.5 cm³/mol. The van der Waals surface area contributed by atoms with Crippen molar-refractivity contribution in [3.63, 3.8) is 0 Å². The van der Waals surface area contributed by atoms with Gasteiger partial charge in [0.05, 0.1) is 0 Å². The predicted octanol–water partition coefficient (Wildman–Crippen LogP) is 2.04. The first-order valence-corrected chi connectivity index (χ1v) is 5.95. The van der Waals surface area contributed by atoms with Gasteiger partial charge in [0.2, 0.25) is 0 Å². The second-order valence-corrected chi connectivity index (χ2v) is 5.80. The van der Waals surface area contributed by atoms with E-state index in [9.17, 15) is 4.79 Å². The van der Waals surface area contributed by atoms with Crippen LogP contribution in [0.4, 0.5) is 4.79 Å². The van der Waals surface area contributed by atoms with Crippen LogP contribution in [-0.4, -0.2) is 30.3 Å². The van der Waals surface area contributed by atoms with Crippen LogP contribution in [0, 0.1) is 0 Å². The number of alkyl carbamates (subject to hydrolysis) is 1. The number of hydrogen-bond acceptors (Lipinski definition) is 3. The van der Waals surface area contributed by atoms with Gasteiger partial charge < -0.3 is 15.4 Å². The highest BCUT2D eigenvalue weighted by Crippen LogP contribution is 2.39. The molecule has 16 heavy (non-hydrogen) atoms. The molecular formula is C12H24N2O2. The Labute approximate surface area is 98.1 Å². The number of carbonyl (C=O) groups is 1. The lowest BCUT2D eigenvalue weighted by Crippen LogP contribution is -2.43. The van der Waals surface area contributed by atoms with E-state index in [0.717, 1.165) is 19.3 Å². The standard InChI is InChI=1S/C12H24N2O2/c1-9(13-5)8-12(6-7-12)14-10(15)16-11(2,3)4/h9,13H,6-8H2,1-5H3,(H,14,15). The van der Waals surface area contributed by atoms with Crippen molar-refractivity contribution in [1.82, 2.24) is 10.6 Å². The van der Waals surface area contributed by atoms with E-state index in [1.165, 1.54) is 0 Å². The molecule has 0 aromatic carbocycles. The van der Waals surface area contributed by atoms with E-state index in [2.05, 4.69) is 17.6 Å². The largest absolute Gasteiger partial charge is 0.444 e. The Morgan fingerprint density at radius 2 is 2.00 bits per heavy atom. The van der Waals surface area contributed by atoms with E-state index >= 15 is 0 Å². The molecule has 1 aliphatic carbocycles. The second kappa shape index (κ2) is 4.62. The summed E-state index contributed by atoms with van der Waals surface area (Å²) in [6.07, 6.45) is 2.77. The summed E-state index contributed by atoms with van der Waals surface area (Å²) in [7, 11) is 1.94. The average Bonchev–Trinajstić information content (AvgIpc) is 2.80. The van der Waals surface area contributed by atoms with E-state index in [0.29, 0.717) is 6.04 Å². The van der Waals surface area contributed by atoms with Gasteiger partial charge in [-0.2, -0.15) is 0 Å². The van der Waals surface area contributed by atoms with Crippen molar-refractivity contribution in [3.05, 3.63) is 0 Å². The van der Waals surface area contributed by atoms with Gasteiger partial charge in [-0.15, -0.1) is 0 Å². The molecule has 0 saturated heterocycles. The van der Waals surface area contributed by atoms with Crippen molar-refractivity contribution in [2.75, 3.05) is 7.05 Å². The number of carbonyl (C=O) groups excluding carboxylic acids is 1. The Balaban J connectivity index is 2.39. The summed E-state index contributed by atoms with van der Waals surface area (Å²) in [5.74, 6) is 0. The maximum absolute atomic E-state index is 11.6. The lowest BCUT2D eigenvalue weighted by Gasteiger charge is -2.25. The van der Waals surface area contributed by atoms with Gasteiger partial charge in [-0.3, -0.25) is 0 Å². The Morgan fingerprint density at radius 1 is 1.44 bits per heavy atom. The van der Waals surface area contributed by atoms with E-state index < -0.39 is 5.60 Å². The molecule has 0 aliphatic heterocycles. The SMILES string of the molecule is CNC(C)CC1(NC(=O)OC(C)(C)C)CC1. The molecular weight excluding hydrogens is 204 g/mol. The molecule has 0 radical (unpaired) electrons. The number of amides is 1. The van der Waals surface area contributed by atoms with Crippen molar-refractivity contribution in [3.8, 4) is 0 Å². The minimum atomic E-state index is -0.422. The third kappa shape index (κ3) is 4.39. The lowest BCUT2D eigenvalue weighted by atomic mass is 10.1. The smallest absolute Gasteiger partial charge is 0.408 e. The van der Waals surface area contributed by atoms with Crippen molar-refractivity contribution >= 4 is 6.09 Å². The minimum absolute atomic E-state index is 0.0231. The van der Waals surface area contributed by atoms with Crippen molar-refractivity contribution < 1.29 is 9.53 Å².